The molecular formula is C12H14N2O3. The zero-order valence-electron chi connectivity index (χ0n) is 9.60. The molecule has 0 spiro atoms. The summed E-state index contributed by atoms with van der Waals surface area (Å²) in [7, 11) is 1.60. The predicted octanol–water partition coefficient (Wildman–Crippen LogP) is 1.65. The number of imidazole rings is 1. The lowest BCUT2D eigenvalue weighted by Crippen LogP contribution is -2.21. The van der Waals surface area contributed by atoms with Gasteiger partial charge in [0, 0.05) is 6.61 Å². The van der Waals surface area contributed by atoms with E-state index in [1.54, 1.807) is 11.7 Å². The zero-order valence-corrected chi connectivity index (χ0v) is 9.60. The fourth-order valence-electron chi connectivity index (χ4n) is 2.35. The van der Waals surface area contributed by atoms with Crippen molar-refractivity contribution in [1.29, 1.82) is 0 Å². The monoisotopic (exact) mass is 234 g/mol. The number of rotatable bonds is 2. The van der Waals surface area contributed by atoms with Crippen molar-refractivity contribution in [2.45, 2.75) is 19.1 Å². The Kier molecular flexibility index (Phi) is 2.40. The Morgan fingerprint density at radius 3 is 3.12 bits per heavy atom. The van der Waals surface area contributed by atoms with Gasteiger partial charge in [0.25, 0.3) is 0 Å². The van der Waals surface area contributed by atoms with E-state index in [0.29, 0.717) is 12.4 Å². The molecule has 0 aliphatic carbocycles. The Balaban J connectivity index is 2.28. The summed E-state index contributed by atoms with van der Waals surface area (Å²) in [5, 5.41) is 0. The Morgan fingerprint density at radius 2 is 2.41 bits per heavy atom. The second kappa shape index (κ2) is 3.92. The summed E-state index contributed by atoms with van der Waals surface area (Å²) in [6.45, 7) is 0.707. The average molecular weight is 234 g/mol. The highest BCUT2D eigenvalue weighted by molar-refractivity contribution is 5.82. The molecule has 1 aromatic carbocycles. The van der Waals surface area contributed by atoms with Gasteiger partial charge in [0.05, 0.1) is 12.6 Å². The van der Waals surface area contributed by atoms with Crippen LogP contribution in [0.25, 0.3) is 11.0 Å². The fourth-order valence-corrected chi connectivity index (χ4v) is 2.35. The molecular weight excluding hydrogens is 220 g/mol. The van der Waals surface area contributed by atoms with Gasteiger partial charge < -0.3 is 14.5 Å². The first kappa shape index (κ1) is 10.4. The highest BCUT2D eigenvalue weighted by atomic mass is 16.5. The number of aromatic amines is 1. The van der Waals surface area contributed by atoms with Crippen LogP contribution in [0.4, 0.5) is 0 Å². The van der Waals surface area contributed by atoms with Crippen molar-refractivity contribution in [2.75, 3.05) is 13.7 Å². The summed E-state index contributed by atoms with van der Waals surface area (Å²) in [5.41, 5.74) is 1.42. The maximum Gasteiger partial charge on any atom is 0.328 e. The van der Waals surface area contributed by atoms with Crippen LogP contribution < -0.4 is 10.4 Å². The summed E-state index contributed by atoms with van der Waals surface area (Å²) in [4.78, 5) is 14.8. The second-order valence-electron chi connectivity index (χ2n) is 4.12. The van der Waals surface area contributed by atoms with Crippen molar-refractivity contribution >= 4 is 11.0 Å². The maximum absolute atomic E-state index is 12.0. The van der Waals surface area contributed by atoms with Crippen molar-refractivity contribution in [3.05, 3.63) is 28.7 Å². The van der Waals surface area contributed by atoms with E-state index in [-0.39, 0.29) is 11.9 Å². The molecule has 1 unspecified atom stereocenters. The third-order valence-corrected chi connectivity index (χ3v) is 3.11. The smallest absolute Gasteiger partial charge is 0.328 e. The van der Waals surface area contributed by atoms with Gasteiger partial charge in [0.15, 0.2) is 0 Å². The average Bonchev–Trinajstić information content (AvgIpc) is 2.93. The summed E-state index contributed by atoms with van der Waals surface area (Å²) in [5.74, 6) is 0.691. The molecule has 1 aromatic heterocycles. The quantitative estimate of drug-likeness (QED) is 0.859. The lowest BCUT2D eigenvalue weighted by atomic mass is 10.2. The van der Waals surface area contributed by atoms with Crippen LogP contribution in [0, 0.1) is 0 Å². The van der Waals surface area contributed by atoms with Gasteiger partial charge in [-0.3, -0.25) is 4.57 Å². The van der Waals surface area contributed by atoms with Gasteiger partial charge in [-0.1, -0.05) is 6.07 Å². The third-order valence-electron chi connectivity index (χ3n) is 3.11. The molecule has 5 nitrogen and oxygen atoms in total. The Bertz CT molecular complexity index is 593. The third kappa shape index (κ3) is 1.54. The van der Waals surface area contributed by atoms with E-state index in [4.69, 9.17) is 9.47 Å². The lowest BCUT2D eigenvalue weighted by Gasteiger charge is -2.12. The SMILES string of the molecule is COc1cccc2[nH]c(=O)n(C3CCCO3)c12. The van der Waals surface area contributed by atoms with Crippen LogP contribution in [0.1, 0.15) is 19.1 Å². The maximum atomic E-state index is 12.0. The van der Waals surface area contributed by atoms with Crippen LogP contribution in [-0.4, -0.2) is 23.3 Å². The van der Waals surface area contributed by atoms with E-state index in [2.05, 4.69) is 4.98 Å². The minimum atomic E-state index is -0.174. The van der Waals surface area contributed by atoms with Crippen LogP contribution in [-0.2, 0) is 4.74 Å². The normalized spacial score (nSPS) is 19.9. The molecule has 90 valence electrons. The first-order chi connectivity index (χ1) is 8.31. The van der Waals surface area contributed by atoms with Crippen molar-refractivity contribution in [3.63, 3.8) is 0 Å². The van der Waals surface area contributed by atoms with Crippen molar-refractivity contribution in [1.82, 2.24) is 9.55 Å². The first-order valence-electron chi connectivity index (χ1n) is 5.70. The second-order valence-corrected chi connectivity index (χ2v) is 4.12. The Morgan fingerprint density at radius 1 is 1.53 bits per heavy atom. The number of fused-ring (bicyclic) bond motifs is 1. The first-order valence-corrected chi connectivity index (χ1v) is 5.70. The molecule has 5 heteroatoms. The van der Waals surface area contributed by atoms with Crippen molar-refractivity contribution in [3.8, 4) is 5.75 Å². The molecule has 1 aliphatic rings. The van der Waals surface area contributed by atoms with E-state index in [1.807, 2.05) is 18.2 Å². The molecule has 2 aromatic rings. The van der Waals surface area contributed by atoms with E-state index in [1.165, 1.54) is 0 Å². The van der Waals surface area contributed by atoms with Crippen LogP contribution >= 0.6 is 0 Å². The highest BCUT2D eigenvalue weighted by Crippen LogP contribution is 2.29. The van der Waals surface area contributed by atoms with Gasteiger partial charge in [-0.2, -0.15) is 0 Å². The number of methoxy groups -OCH3 is 1. The molecule has 0 amide bonds. The van der Waals surface area contributed by atoms with Gasteiger partial charge in [-0.15, -0.1) is 0 Å². The number of ether oxygens (including phenoxy) is 2. The highest BCUT2D eigenvalue weighted by Gasteiger charge is 2.23. The number of H-pyrrole nitrogens is 1. The minimum Gasteiger partial charge on any atom is -0.494 e. The van der Waals surface area contributed by atoms with Gasteiger partial charge >= 0.3 is 5.69 Å². The van der Waals surface area contributed by atoms with Crippen molar-refractivity contribution < 1.29 is 9.47 Å². The lowest BCUT2D eigenvalue weighted by molar-refractivity contribution is 0.0571. The fraction of sp³-hybridized carbons (Fsp3) is 0.417. The van der Waals surface area contributed by atoms with Gasteiger partial charge in [0.2, 0.25) is 0 Å². The molecule has 3 rings (SSSR count). The number of benzene rings is 1. The van der Waals surface area contributed by atoms with E-state index >= 15 is 0 Å². The summed E-state index contributed by atoms with van der Waals surface area (Å²) < 4.78 is 12.5. The minimum absolute atomic E-state index is 0.142. The number of hydrogen-bond acceptors (Lipinski definition) is 3. The molecule has 0 bridgehead atoms. The van der Waals surface area contributed by atoms with Crippen LogP contribution in [0.2, 0.25) is 0 Å². The molecule has 2 heterocycles. The number of nitrogens with zero attached hydrogens (tertiary/aromatic N) is 1. The predicted molar refractivity (Wildman–Crippen MR) is 63.3 cm³/mol. The molecule has 1 saturated heterocycles. The summed E-state index contributed by atoms with van der Waals surface area (Å²) in [6.07, 6.45) is 1.68. The molecule has 0 radical (unpaired) electrons. The number of nitrogens with one attached hydrogen (secondary N) is 1. The molecule has 17 heavy (non-hydrogen) atoms. The summed E-state index contributed by atoms with van der Waals surface area (Å²) >= 11 is 0. The number of aromatic nitrogens is 2. The molecule has 1 fully saturated rings. The van der Waals surface area contributed by atoms with Crippen LogP contribution in [0.5, 0.6) is 5.75 Å². The van der Waals surface area contributed by atoms with Gasteiger partial charge in [-0.25, -0.2) is 4.79 Å². The molecule has 1 atom stereocenters. The van der Waals surface area contributed by atoms with Crippen molar-refractivity contribution in [2.24, 2.45) is 0 Å². The van der Waals surface area contributed by atoms with E-state index in [0.717, 1.165) is 23.9 Å². The van der Waals surface area contributed by atoms with Gasteiger partial charge in [-0.05, 0) is 25.0 Å². The molecule has 0 saturated carbocycles. The zero-order chi connectivity index (χ0) is 11.8. The standard InChI is InChI=1S/C12H14N2O3/c1-16-9-5-2-4-8-11(9)14(12(15)13-8)10-6-3-7-17-10/h2,4-5,10H,3,6-7H2,1H3,(H,13,15). The largest absolute Gasteiger partial charge is 0.494 e. The topological polar surface area (TPSA) is 56.2 Å². The van der Waals surface area contributed by atoms with E-state index in [9.17, 15) is 4.79 Å². The summed E-state index contributed by atoms with van der Waals surface area (Å²) in [6, 6.07) is 5.57. The molecule has 1 N–H and O–H groups in total. The Hall–Kier alpha value is -1.75. The van der Waals surface area contributed by atoms with Crippen LogP contribution in [0.15, 0.2) is 23.0 Å². The molecule has 1 aliphatic heterocycles. The van der Waals surface area contributed by atoms with E-state index < -0.39 is 0 Å². The number of para-hydroxylation sites is 1. The number of hydrogen-bond donors (Lipinski definition) is 1. The van der Waals surface area contributed by atoms with Gasteiger partial charge in [0.1, 0.15) is 17.5 Å². The Labute approximate surface area is 98.0 Å². The van der Waals surface area contributed by atoms with Crippen LogP contribution in [0.3, 0.4) is 0 Å².